The Kier molecular flexibility index (Phi) is 11.0. The van der Waals surface area contributed by atoms with Gasteiger partial charge in [0.2, 0.25) is 0 Å². The van der Waals surface area contributed by atoms with Gasteiger partial charge in [-0.05, 0) is 175 Å². The molecule has 0 unspecified atom stereocenters. The maximum atomic E-state index is 11.2. The van der Waals surface area contributed by atoms with Crippen LogP contribution in [0, 0.1) is 6.33 Å². The third kappa shape index (κ3) is 11.1. The number of ether oxygens (including phenoxy) is 1. The van der Waals surface area contributed by atoms with Gasteiger partial charge in [-0.3, -0.25) is 13.7 Å². The standard InChI is InChI=1S/C94H84N4OSi/c1-91(2,3)65-48-49-95-88(58-65)98-85-45-27-26-44-80(85)81-47-46-71(60-86(81)98)99-70-32-29-31-69(59-70)96-61-97-89-82(64-50-66(92(4,5)6)55-67(51-64)93(7,8)9)56-68(94(10,11)12)57-84(89)79-43-25-23-41-77(79)76-40-22-24-42-78(76)83-53-63(54-87(96)90(83)97)62-30-28-39-75(52-62)100(72-33-16-13-17-34-72,73-35-18-14-19-36-73)74-37-20-15-21-38-74/h13-60H,1-12H3/i13D,14D,15D,16D,17D,18D,19D,20D,21D,28D,30D,33D,34D,35D,36D,37D,38D,39D,52D. The van der Waals surface area contributed by atoms with Gasteiger partial charge in [0.15, 0.2) is 8.07 Å². The Hall–Kier alpha value is -10.9. The SMILES string of the molecule is [2H]c1c([2H])c([2H])c([Si](c2c([2H])c([2H])c([2H])c([2H])c2[2H])(c2c([2H])c([2H])c([2H])c([2H])c2[2H])c2c([2H])c([2H])c([2H])c(-c3cc4c5c(c3)n(-c3cccc(Oc6ccc7c8ccccc8n(-c8cc(C(C)(C)C)ccn8)c7c6)c3)[c-][n+]5-c3c(-c5cc(C(C)(C)C)cc(C(C)(C)C)c5)cc(C(C)(C)C)cc3-c3ccccc3-c3ccccc3-4)c2[2H])c([2H])c1[2H]. The molecule has 0 N–H and O–H groups in total. The van der Waals surface area contributed by atoms with Crippen LogP contribution in [0.5, 0.6) is 11.5 Å². The zero-order valence-corrected chi connectivity index (χ0v) is 58.9. The zero-order chi connectivity index (χ0) is 85.6. The highest BCUT2D eigenvalue weighted by atomic mass is 28.3. The quantitative estimate of drug-likeness (QED) is 0.0592. The molecule has 1 aliphatic rings. The fourth-order valence-electron chi connectivity index (χ4n) is 14.1. The molecule has 4 heterocycles. The summed E-state index contributed by atoms with van der Waals surface area (Å²) in [5.41, 5.74) is 12.5. The zero-order valence-electron chi connectivity index (χ0n) is 76.9. The Labute approximate surface area is 617 Å². The number of hydrogen-bond acceptors (Lipinski definition) is 2. The molecule has 3 aromatic heterocycles. The Morgan fingerprint density at radius 2 is 0.920 bits per heavy atom. The van der Waals surface area contributed by atoms with E-state index in [-0.39, 0.29) is 21.8 Å². The van der Waals surface area contributed by atoms with Gasteiger partial charge in [-0.2, -0.15) is 0 Å². The van der Waals surface area contributed by atoms with Gasteiger partial charge in [0.1, 0.15) is 17.3 Å². The topological polar surface area (TPSA) is 35.9 Å². The van der Waals surface area contributed by atoms with Gasteiger partial charge in [-0.1, -0.05) is 307 Å². The highest BCUT2D eigenvalue weighted by molar-refractivity contribution is 7.20. The van der Waals surface area contributed by atoms with Crippen LogP contribution in [0.3, 0.4) is 0 Å². The molecule has 100 heavy (non-hydrogen) atoms. The van der Waals surface area contributed by atoms with E-state index < -0.39 is 155 Å². The van der Waals surface area contributed by atoms with Crippen molar-refractivity contribution in [3.05, 3.63) is 319 Å². The Balaban J connectivity index is 1.08. The second-order valence-electron chi connectivity index (χ2n) is 30.0. The van der Waals surface area contributed by atoms with Crippen molar-refractivity contribution in [3.8, 4) is 84.3 Å². The first-order valence-electron chi connectivity index (χ1n) is 43.2. The van der Waals surface area contributed by atoms with E-state index in [0.29, 0.717) is 45.0 Å². The average Bonchev–Trinajstić information content (AvgIpc) is 1.58. The normalized spacial score (nSPS) is 15.3. The van der Waals surface area contributed by atoms with Crippen LogP contribution in [0.1, 0.15) is 131 Å². The summed E-state index contributed by atoms with van der Waals surface area (Å²) in [4.78, 5) is 4.94. The van der Waals surface area contributed by atoms with Crippen LogP contribution in [-0.4, -0.2) is 22.2 Å². The van der Waals surface area contributed by atoms with E-state index in [1.165, 1.54) is 0 Å². The van der Waals surface area contributed by atoms with Crippen LogP contribution in [0.15, 0.2) is 291 Å². The van der Waals surface area contributed by atoms with Crippen molar-refractivity contribution < 1.29 is 35.3 Å². The Bertz CT molecular complexity index is 6610. The second kappa shape index (κ2) is 24.2. The van der Waals surface area contributed by atoms with E-state index in [4.69, 9.17) is 13.8 Å². The van der Waals surface area contributed by atoms with Gasteiger partial charge < -0.3 is 4.74 Å². The molecule has 0 aliphatic carbocycles. The summed E-state index contributed by atoms with van der Waals surface area (Å²) in [7, 11) is -6.30. The van der Waals surface area contributed by atoms with Crippen LogP contribution < -0.4 is 30.1 Å². The van der Waals surface area contributed by atoms with Crippen molar-refractivity contribution in [2.45, 2.75) is 105 Å². The molecule has 1 aliphatic heterocycles. The predicted molar refractivity (Wildman–Crippen MR) is 421 cm³/mol. The first kappa shape index (κ1) is 45.6. The van der Waals surface area contributed by atoms with Crippen LogP contribution in [0.25, 0.3) is 106 Å². The maximum absolute atomic E-state index is 11.2. The van der Waals surface area contributed by atoms with Crippen molar-refractivity contribution in [2.24, 2.45) is 0 Å². The second-order valence-corrected chi connectivity index (χ2v) is 33.5. The van der Waals surface area contributed by atoms with Crippen molar-refractivity contribution in [2.75, 3.05) is 0 Å². The molecule has 0 saturated heterocycles. The lowest BCUT2D eigenvalue weighted by Crippen LogP contribution is -2.74. The van der Waals surface area contributed by atoms with Crippen molar-refractivity contribution in [1.82, 2.24) is 14.1 Å². The molecule has 6 heteroatoms. The number of nitrogens with zero attached hydrogens (tertiary/aromatic N) is 4. The largest absolute Gasteiger partial charge is 0.458 e. The molecular weight excluding hydrogens is 1230 g/mol. The minimum absolute atomic E-state index is 0.0135. The van der Waals surface area contributed by atoms with Gasteiger partial charge in [-0.15, -0.1) is 0 Å². The number of fused-ring (bicyclic) bond motifs is 10. The molecule has 0 radical (unpaired) electrons. The molecule has 0 fully saturated rings. The third-order valence-corrected chi connectivity index (χ3v) is 23.4. The van der Waals surface area contributed by atoms with Gasteiger partial charge in [-0.25, -0.2) is 4.98 Å². The molecule has 0 bridgehead atoms. The van der Waals surface area contributed by atoms with E-state index in [1.807, 2.05) is 108 Å². The third-order valence-electron chi connectivity index (χ3n) is 19.4. The molecule has 0 saturated carbocycles. The number of para-hydroxylation sites is 1. The number of rotatable bonds is 10. The summed E-state index contributed by atoms with van der Waals surface area (Å²) < 4.78 is 198. The van der Waals surface area contributed by atoms with E-state index >= 15 is 0 Å². The monoisotopic (exact) mass is 1330 g/mol. The summed E-state index contributed by atoms with van der Waals surface area (Å²) in [5.74, 6) is 1.61. The molecule has 490 valence electrons. The molecule has 16 rings (SSSR count). The lowest BCUT2D eigenvalue weighted by molar-refractivity contribution is -0.570. The summed E-state index contributed by atoms with van der Waals surface area (Å²) in [6, 6.07) is 36.8. The smallest absolute Gasteiger partial charge is 0.269 e. The van der Waals surface area contributed by atoms with E-state index in [1.54, 1.807) is 12.1 Å². The highest BCUT2D eigenvalue weighted by Crippen LogP contribution is 2.49. The summed E-state index contributed by atoms with van der Waals surface area (Å²) in [6.45, 7) is 26.3. The van der Waals surface area contributed by atoms with E-state index in [0.717, 1.165) is 83.3 Å². The van der Waals surface area contributed by atoms with Crippen LogP contribution >= 0.6 is 0 Å². The van der Waals surface area contributed by atoms with Crippen molar-refractivity contribution in [3.63, 3.8) is 0 Å². The summed E-state index contributed by atoms with van der Waals surface area (Å²) in [6.07, 6.45) is 5.77. The minimum Gasteiger partial charge on any atom is -0.458 e. The van der Waals surface area contributed by atoms with Gasteiger partial charge in [0, 0.05) is 23.0 Å². The lowest BCUT2D eigenvalue weighted by Gasteiger charge is -2.34. The summed E-state index contributed by atoms with van der Waals surface area (Å²) >= 11 is 0. The first-order valence-corrected chi connectivity index (χ1v) is 35.7. The molecule has 0 amide bonds. The number of pyridine rings is 1. The molecule has 0 spiro atoms. The number of aromatic nitrogens is 4. The Morgan fingerprint density at radius 1 is 0.390 bits per heavy atom. The Morgan fingerprint density at radius 3 is 1.53 bits per heavy atom. The fourth-order valence-corrected chi connectivity index (χ4v) is 17.6. The van der Waals surface area contributed by atoms with Crippen molar-refractivity contribution in [1.29, 1.82) is 0 Å². The van der Waals surface area contributed by atoms with Gasteiger partial charge in [0.25, 0.3) is 6.33 Å². The molecule has 0 atom stereocenters. The number of imidazole rings is 1. The number of hydrogen-bond donors (Lipinski definition) is 0. The van der Waals surface area contributed by atoms with Crippen molar-refractivity contribution >= 4 is 61.7 Å². The fraction of sp³-hybridized carbons (Fsp3) is 0.170. The first-order chi connectivity index (χ1) is 56.0. The van der Waals surface area contributed by atoms with E-state index in [2.05, 4.69) is 159 Å². The summed E-state index contributed by atoms with van der Waals surface area (Å²) in [5, 5.41) is -1.74. The highest BCUT2D eigenvalue weighted by Gasteiger charge is 2.42. The minimum atomic E-state index is -6.30. The molecular formula is C94H84N4OSi. The van der Waals surface area contributed by atoms with Crippen LogP contribution in [-0.2, 0) is 21.7 Å². The lowest BCUT2D eigenvalue weighted by atomic mass is 9.77. The van der Waals surface area contributed by atoms with Crippen LogP contribution in [0.4, 0.5) is 0 Å². The predicted octanol–water partition coefficient (Wildman–Crippen LogP) is 21.2. The molecule has 5 nitrogen and oxygen atoms in total. The average molecular weight is 1330 g/mol. The maximum Gasteiger partial charge on any atom is 0.269 e. The number of benzene rings is 12. The van der Waals surface area contributed by atoms with Crippen LogP contribution in [0.2, 0.25) is 0 Å². The molecule has 12 aromatic carbocycles. The molecule has 15 aromatic rings. The van der Waals surface area contributed by atoms with Gasteiger partial charge >= 0.3 is 0 Å². The van der Waals surface area contributed by atoms with E-state index in [9.17, 15) is 21.9 Å². The van der Waals surface area contributed by atoms with Gasteiger partial charge in [0.05, 0.1) is 59.5 Å².